The summed E-state index contributed by atoms with van der Waals surface area (Å²) in [5.74, 6) is 0.844. The Kier molecular flexibility index (Phi) is 5.45. The third-order valence-corrected chi connectivity index (χ3v) is 8.52. The molecule has 0 N–H and O–H groups in total. The van der Waals surface area contributed by atoms with Crippen LogP contribution in [0.2, 0.25) is 0 Å². The van der Waals surface area contributed by atoms with Gasteiger partial charge in [-0.15, -0.1) is 0 Å². The molecule has 8 rings (SSSR count). The molecular formula is C40H25NO. The highest BCUT2D eigenvalue weighted by Gasteiger charge is 2.31. The van der Waals surface area contributed by atoms with Crippen molar-refractivity contribution in [2.24, 2.45) is 0 Å². The van der Waals surface area contributed by atoms with Gasteiger partial charge in [0.05, 0.1) is 18.7 Å². The highest BCUT2D eigenvalue weighted by atomic mass is 16.5. The Hall–Kier alpha value is -5.65. The lowest BCUT2D eigenvalue weighted by Gasteiger charge is -2.20. The predicted molar refractivity (Wildman–Crippen MR) is 173 cm³/mol. The van der Waals surface area contributed by atoms with Gasteiger partial charge in [0.2, 0.25) is 0 Å². The van der Waals surface area contributed by atoms with Crippen LogP contribution < -0.4 is 4.74 Å². The first-order valence-corrected chi connectivity index (χ1v) is 14.1. The minimum atomic E-state index is 0.660. The van der Waals surface area contributed by atoms with Crippen LogP contribution in [0.15, 0.2) is 133 Å². The number of rotatable bonds is 4. The van der Waals surface area contributed by atoms with Crippen LogP contribution in [0.4, 0.5) is 0 Å². The SMILES string of the molecule is COc1cccc(-c2ccc3c4c(cccc24)-c2c-3c(-c3ccccc3)c3ccc(C#N)cc3c2-c2ccccc2)c1. The molecule has 0 atom stereocenters. The average Bonchev–Trinajstić information content (AvgIpc) is 3.39. The molecular weight excluding hydrogens is 510 g/mol. The first-order valence-electron chi connectivity index (χ1n) is 14.1. The summed E-state index contributed by atoms with van der Waals surface area (Å²) in [6.07, 6.45) is 0. The quantitative estimate of drug-likeness (QED) is 0.225. The van der Waals surface area contributed by atoms with E-state index in [0.29, 0.717) is 5.56 Å². The van der Waals surface area contributed by atoms with Crippen LogP contribution in [0, 0.1) is 11.3 Å². The first kappa shape index (κ1) is 24.2. The molecule has 0 fully saturated rings. The van der Waals surface area contributed by atoms with Gasteiger partial charge in [-0.2, -0.15) is 5.26 Å². The van der Waals surface area contributed by atoms with Crippen LogP contribution in [0.25, 0.3) is 77.2 Å². The van der Waals surface area contributed by atoms with Crippen LogP contribution in [0.3, 0.4) is 0 Å². The molecule has 0 aromatic heterocycles. The van der Waals surface area contributed by atoms with E-state index in [1.165, 1.54) is 55.3 Å². The number of benzene rings is 7. The van der Waals surface area contributed by atoms with Gasteiger partial charge in [-0.25, -0.2) is 0 Å². The number of hydrogen-bond acceptors (Lipinski definition) is 2. The maximum atomic E-state index is 9.92. The van der Waals surface area contributed by atoms with Crippen molar-refractivity contribution in [3.63, 3.8) is 0 Å². The van der Waals surface area contributed by atoms with Gasteiger partial charge >= 0.3 is 0 Å². The fraction of sp³-hybridized carbons (Fsp3) is 0.0250. The van der Waals surface area contributed by atoms with Gasteiger partial charge in [-0.1, -0.05) is 109 Å². The van der Waals surface area contributed by atoms with E-state index in [1.807, 2.05) is 18.2 Å². The summed E-state index contributed by atoms with van der Waals surface area (Å²) >= 11 is 0. The van der Waals surface area contributed by atoms with Crippen molar-refractivity contribution >= 4 is 21.5 Å². The number of fused-ring (bicyclic) bond motifs is 4. The van der Waals surface area contributed by atoms with Crippen LogP contribution in [-0.2, 0) is 0 Å². The molecule has 42 heavy (non-hydrogen) atoms. The summed E-state index contributed by atoms with van der Waals surface area (Å²) in [6, 6.07) is 49.3. The molecule has 0 bridgehead atoms. The lowest BCUT2D eigenvalue weighted by Crippen LogP contribution is -1.94. The minimum Gasteiger partial charge on any atom is -0.497 e. The average molecular weight is 536 g/mol. The molecule has 0 heterocycles. The number of nitriles is 1. The summed E-state index contributed by atoms with van der Waals surface area (Å²) in [6.45, 7) is 0. The molecule has 2 heteroatoms. The van der Waals surface area contributed by atoms with Crippen LogP contribution in [-0.4, -0.2) is 7.11 Å². The van der Waals surface area contributed by atoms with Gasteiger partial charge in [0, 0.05) is 0 Å². The lowest BCUT2D eigenvalue weighted by molar-refractivity contribution is 0.415. The van der Waals surface area contributed by atoms with E-state index in [9.17, 15) is 5.26 Å². The molecule has 7 aromatic carbocycles. The molecule has 0 radical (unpaired) electrons. The normalized spacial score (nSPS) is 11.4. The third kappa shape index (κ3) is 3.51. The van der Waals surface area contributed by atoms with Crippen LogP contribution >= 0.6 is 0 Å². The van der Waals surface area contributed by atoms with Crippen LogP contribution in [0.1, 0.15) is 5.56 Å². The largest absolute Gasteiger partial charge is 0.497 e. The van der Waals surface area contributed by atoms with Crippen LogP contribution in [0.5, 0.6) is 5.75 Å². The fourth-order valence-corrected chi connectivity index (χ4v) is 6.77. The maximum absolute atomic E-state index is 9.92. The molecule has 0 amide bonds. The second kappa shape index (κ2) is 9.47. The Balaban J connectivity index is 1.57. The minimum absolute atomic E-state index is 0.660. The van der Waals surface area contributed by atoms with E-state index in [-0.39, 0.29) is 0 Å². The van der Waals surface area contributed by atoms with E-state index in [1.54, 1.807) is 7.11 Å². The first-order chi connectivity index (χ1) is 20.8. The standard InChI is InChI=1S/C40H25NO/c1-42-29-15-8-14-28(23-29)30-20-21-34-38-31(30)16-9-17-33(38)39-37(27-12-6-3-7-13-27)35-22-25(24-41)18-19-32(35)36(40(34)39)26-10-4-2-5-11-26/h2-23H,1H3. The molecule has 196 valence electrons. The smallest absolute Gasteiger partial charge is 0.119 e. The Labute approximate surface area is 244 Å². The zero-order valence-electron chi connectivity index (χ0n) is 23.1. The van der Waals surface area contributed by atoms with E-state index >= 15 is 0 Å². The number of methoxy groups -OCH3 is 1. The molecule has 1 aliphatic rings. The molecule has 7 aromatic rings. The van der Waals surface area contributed by atoms with Crippen molar-refractivity contribution in [3.8, 4) is 67.5 Å². The number of ether oxygens (including phenoxy) is 1. The third-order valence-electron chi connectivity index (χ3n) is 8.52. The fourth-order valence-electron chi connectivity index (χ4n) is 6.77. The zero-order valence-corrected chi connectivity index (χ0v) is 23.1. The van der Waals surface area contributed by atoms with Gasteiger partial charge in [0.15, 0.2) is 0 Å². The summed E-state index contributed by atoms with van der Waals surface area (Å²) in [4.78, 5) is 0. The topological polar surface area (TPSA) is 33.0 Å². The summed E-state index contributed by atoms with van der Waals surface area (Å²) < 4.78 is 5.57. The maximum Gasteiger partial charge on any atom is 0.119 e. The van der Waals surface area contributed by atoms with Crippen molar-refractivity contribution in [1.82, 2.24) is 0 Å². The Morgan fingerprint density at radius 3 is 1.79 bits per heavy atom. The number of nitrogens with zero attached hydrogens (tertiary/aromatic N) is 1. The van der Waals surface area contributed by atoms with Crippen molar-refractivity contribution in [3.05, 3.63) is 139 Å². The molecule has 0 spiro atoms. The van der Waals surface area contributed by atoms with Crippen molar-refractivity contribution in [2.45, 2.75) is 0 Å². The van der Waals surface area contributed by atoms with Gasteiger partial charge in [-0.05, 0) is 101 Å². The lowest BCUT2D eigenvalue weighted by atomic mass is 9.82. The summed E-state index contributed by atoms with van der Waals surface area (Å²) in [5.41, 5.74) is 12.6. The molecule has 0 saturated heterocycles. The Morgan fingerprint density at radius 1 is 0.476 bits per heavy atom. The molecule has 0 unspecified atom stereocenters. The summed E-state index contributed by atoms with van der Waals surface area (Å²) in [5, 5.41) is 14.6. The molecule has 0 aliphatic heterocycles. The Morgan fingerprint density at radius 2 is 1.10 bits per heavy atom. The van der Waals surface area contributed by atoms with Crippen molar-refractivity contribution in [2.75, 3.05) is 7.11 Å². The van der Waals surface area contributed by atoms with Crippen molar-refractivity contribution < 1.29 is 4.74 Å². The second-order valence-electron chi connectivity index (χ2n) is 10.7. The molecule has 2 nitrogen and oxygen atoms in total. The highest BCUT2D eigenvalue weighted by molar-refractivity contribution is 6.28. The predicted octanol–water partition coefficient (Wildman–Crippen LogP) is 10.5. The van der Waals surface area contributed by atoms with Crippen molar-refractivity contribution in [1.29, 1.82) is 5.26 Å². The van der Waals surface area contributed by atoms with E-state index in [2.05, 4.69) is 121 Å². The molecule has 0 saturated carbocycles. The van der Waals surface area contributed by atoms with E-state index in [0.717, 1.165) is 27.6 Å². The van der Waals surface area contributed by atoms with Gasteiger partial charge in [0.25, 0.3) is 0 Å². The monoisotopic (exact) mass is 535 g/mol. The van der Waals surface area contributed by atoms with E-state index < -0.39 is 0 Å². The van der Waals surface area contributed by atoms with Gasteiger partial charge < -0.3 is 4.74 Å². The number of hydrogen-bond donors (Lipinski definition) is 0. The van der Waals surface area contributed by atoms with Gasteiger partial charge in [0.1, 0.15) is 5.75 Å². The second-order valence-corrected chi connectivity index (χ2v) is 10.7. The highest BCUT2D eigenvalue weighted by Crippen LogP contribution is 2.58. The summed E-state index contributed by atoms with van der Waals surface area (Å²) in [7, 11) is 1.71. The van der Waals surface area contributed by atoms with E-state index in [4.69, 9.17) is 4.74 Å². The zero-order chi connectivity index (χ0) is 28.2. The Bertz CT molecular complexity index is 2220. The molecule has 1 aliphatic carbocycles. The van der Waals surface area contributed by atoms with Gasteiger partial charge in [-0.3, -0.25) is 0 Å².